The summed E-state index contributed by atoms with van der Waals surface area (Å²) >= 11 is 0. The second-order valence-electron chi connectivity index (χ2n) is 9.44. The van der Waals surface area contributed by atoms with Crippen LogP contribution in [0.1, 0.15) is 46.4 Å². The molecule has 3 aromatic rings. The van der Waals surface area contributed by atoms with Gasteiger partial charge in [-0.2, -0.15) is 5.10 Å². The summed E-state index contributed by atoms with van der Waals surface area (Å²) in [5.41, 5.74) is 6.10. The van der Waals surface area contributed by atoms with E-state index in [1.54, 1.807) is 12.3 Å². The molecule has 2 aromatic carbocycles. The fraction of sp³-hybridized carbons (Fsp3) is 0.321. The molecule has 2 aliphatic heterocycles. The number of aromatic hydroxyl groups is 1. The van der Waals surface area contributed by atoms with Crippen molar-refractivity contribution >= 4 is 12.1 Å². The molecule has 2 unspecified atom stereocenters. The van der Waals surface area contributed by atoms with Crippen molar-refractivity contribution in [2.45, 2.75) is 32.4 Å². The number of phenols is 1. The number of phenolic OH excluding ortho intramolecular Hbond substituents is 1. The van der Waals surface area contributed by atoms with Gasteiger partial charge in [-0.3, -0.25) is 14.5 Å². The summed E-state index contributed by atoms with van der Waals surface area (Å²) in [6.07, 6.45) is 2.73. The molecule has 8 nitrogen and oxygen atoms in total. The van der Waals surface area contributed by atoms with E-state index >= 15 is 0 Å². The molecular formula is C28H30N4O4. The van der Waals surface area contributed by atoms with Crippen molar-refractivity contribution in [2.75, 3.05) is 19.7 Å². The number of ether oxygens (including phenoxy) is 1. The number of hydrazone groups is 1. The highest BCUT2D eigenvalue weighted by Gasteiger charge is 2.34. The highest BCUT2D eigenvalue weighted by Crippen LogP contribution is 2.36. The Morgan fingerprint density at radius 2 is 1.97 bits per heavy atom. The molecule has 1 amide bonds. The van der Waals surface area contributed by atoms with Crippen molar-refractivity contribution in [3.8, 4) is 11.5 Å². The van der Waals surface area contributed by atoms with Crippen molar-refractivity contribution in [2.24, 2.45) is 11.0 Å². The van der Waals surface area contributed by atoms with Crippen LogP contribution in [0.3, 0.4) is 0 Å². The van der Waals surface area contributed by atoms with Gasteiger partial charge in [-0.15, -0.1) is 0 Å². The van der Waals surface area contributed by atoms with E-state index in [0.29, 0.717) is 24.0 Å². The highest BCUT2D eigenvalue weighted by molar-refractivity contribution is 5.95. The number of hydrogen-bond acceptors (Lipinski definition) is 6. The van der Waals surface area contributed by atoms with Crippen molar-refractivity contribution in [3.63, 3.8) is 0 Å². The Balaban J connectivity index is 1.29. The number of rotatable bonds is 7. The second kappa shape index (κ2) is 10.4. The van der Waals surface area contributed by atoms with Crippen molar-refractivity contribution in [1.82, 2.24) is 14.9 Å². The summed E-state index contributed by atoms with van der Waals surface area (Å²) in [4.78, 5) is 27.0. The summed E-state index contributed by atoms with van der Waals surface area (Å²) in [5, 5.41) is 13.5. The van der Waals surface area contributed by atoms with Gasteiger partial charge in [0.1, 0.15) is 11.5 Å². The largest absolute Gasteiger partial charge is 0.508 e. The lowest BCUT2D eigenvalue weighted by Gasteiger charge is -2.43. The minimum Gasteiger partial charge on any atom is -0.508 e. The molecule has 3 heterocycles. The van der Waals surface area contributed by atoms with E-state index in [1.807, 2.05) is 35.8 Å². The Kier molecular flexibility index (Phi) is 6.86. The first-order valence-corrected chi connectivity index (χ1v) is 12.3. The standard InChI is InChI=1S/C28H30N4O4/c1-2-36-26-11-6-19(14-29-30-28(35)21-7-9-24(33)10-8-21)12-23(26)18-31-15-20-13-22(17-31)25-4-3-5-27(34)32(25)16-20/h3-12,14,20,22,33H,2,13,15-18H2,1H3,(H,30,35). The van der Waals surface area contributed by atoms with Gasteiger partial charge in [-0.1, -0.05) is 6.07 Å². The van der Waals surface area contributed by atoms with Crippen LogP contribution < -0.4 is 15.7 Å². The Morgan fingerprint density at radius 1 is 1.14 bits per heavy atom. The number of pyridine rings is 1. The smallest absolute Gasteiger partial charge is 0.271 e. The number of aromatic nitrogens is 1. The van der Waals surface area contributed by atoms with Crippen molar-refractivity contribution in [3.05, 3.63) is 93.4 Å². The molecule has 186 valence electrons. The number of benzene rings is 2. The monoisotopic (exact) mass is 486 g/mol. The number of carbonyl (C=O) groups is 1. The quantitative estimate of drug-likeness (QED) is 0.395. The summed E-state index contributed by atoms with van der Waals surface area (Å²) < 4.78 is 7.85. The Hall–Kier alpha value is -3.91. The zero-order chi connectivity index (χ0) is 25.1. The van der Waals surface area contributed by atoms with Gasteiger partial charge in [0.2, 0.25) is 0 Å². The molecular weight excluding hydrogens is 456 g/mol. The van der Waals surface area contributed by atoms with Crippen LogP contribution in [0.4, 0.5) is 0 Å². The summed E-state index contributed by atoms with van der Waals surface area (Å²) in [7, 11) is 0. The van der Waals surface area contributed by atoms with Gasteiger partial charge in [0.05, 0.1) is 12.8 Å². The predicted molar refractivity (Wildman–Crippen MR) is 138 cm³/mol. The van der Waals surface area contributed by atoms with E-state index in [2.05, 4.69) is 21.5 Å². The SMILES string of the molecule is CCOc1ccc(C=NNC(=O)c2ccc(O)cc2)cc1CN1CC2CC(C1)c1cccc(=O)n1C2. The maximum atomic E-state index is 12.3. The van der Waals surface area contributed by atoms with Crippen LogP contribution in [0, 0.1) is 5.92 Å². The van der Waals surface area contributed by atoms with Crippen LogP contribution in [0.15, 0.2) is 70.6 Å². The molecule has 5 rings (SSSR count). The molecule has 0 radical (unpaired) electrons. The minimum absolute atomic E-state index is 0.0961. The third kappa shape index (κ3) is 5.18. The van der Waals surface area contributed by atoms with Gasteiger partial charge in [0.15, 0.2) is 0 Å². The van der Waals surface area contributed by atoms with Gasteiger partial charge >= 0.3 is 0 Å². The molecule has 0 spiro atoms. The molecule has 1 aromatic heterocycles. The van der Waals surface area contributed by atoms with E-state index in [0.717, 1.165) is 55.2 Å². The molecule has 0 saturated carbocycles. The fourth-order valence-corrected chi connectivity index (χ4v) is 5.31. The van der Waals surface area contributed by atoms with Crippen LogP contribution in [0.5, 0.6) is 11.5 Å². The maximum absolute atomic E-state index is 12.3. The number of hydrogen-bond donors (Lipinski definition) is 2. The zero-order valence-corrected chi connectivity index (χ0v) is 20.3. The molecule has 2 bridgehead atoms. The van der Waals surface area contributed by atoms with Crippen LogP contribution in [0.25, 0.3) is 0 Å². The van der Waals surface area contributed by atoms with Gasteiger partial charge < -0.3 is 14.4 Å². The second-order valence-corrected chi connectivity index (χ2v) is 9.44. The number of likely N-dealkylation sites (tertiary alicyclic amines) is 1. The number of nitrogens with zero attached hydrogens (tertiary/aromatic N) is 3. The molecule has 8 heteroatoms. The zero-order valence-electron chi connectivity index (χ0n) is 20.3. The highest BCUT2D eigenvalue weighted by atomic mass is 16.5. The van der Waals surface area contributed by atoms with Gasteiger partial charge in [-0.25, -0.2) is 5.43 Å². The van der Waals surface area contributed by atoms with Crippen LogP contribution in [-0.2, 0) is 13.1 Å². The van der Waals surface area contributed by atoms with E-state index in [1.165, 1.54) is 24.3 Å². The number of fused-ring (bicyclic) bond motifs is 4. The van der Waals surface area contributed by atoms with E-state index in [9.17, 15) is 14.7 Å². The van der Waals surface area contributed by atoms with Crippen LogP contribution in [0.2, 0.25) is 0 Å². The molecule has 36 heavy (non-hydrogen) atoms. The van der Waals surface area contributed by atoms with Gasteiger partial charge in [0.25, 0.3) is 11.5 Å². The normalized spacial score (nSPS) is 19.1. The molecule has 2 aliphatic rings. The molecule has 1 saturated heterocycles. The number of piperidine rings is 1. The van der Waals surface area contributed by atoms with Crippen LogP contribution in [-0.4, -0.2) is 46.4 Å². The minimum atomic E-state index is -0.350. The number of carbonyl (C=O) groups excluding carboxylic acids is 1. The maximum Gasteiger partial charge on any atom is 0.271 e. The van der Waals surface area contributed by atoms with E-state index < -0.39 is 0 Å². The summed E-state index contributed by atoms with van der Waals surface area (Å²) in [5.74, 6) is 1.40. The van der Waals surface area contributed by atoms with Gasteiger partial charge in [-0.05, 0) is 73.4 Å². The summed E-state index contributed by atoms with van der Waals surface area (Å²) in [6.45, 7) is 5.88. The van der Waals surface area contributed by atoms with Crippen molar-refractivity contribution < 1.29 is 14.6 Å². The molecule has 2 atom stereocenters. The fourth-order valence-electron chi connectivity index (χ4n) is 5.31. The Morgan fingerprint density at radius 3 is 2.78 bits per heavy atom. The third-order valence-corrected chi connectivity index (χ3v) is 6.84. The van der Waals surface area contributed by atoms with E-state index in [4.69, 9.17) is 4.74 Å². The third-order valence-electron chi connectivity index (χ3n) is 6.84. The molecule has 2 N–H and O–H groups in total. The first-order valence-electron chi connectivity index (χ1n) is 12.3. The summed E-state index contributed by atoms with van der Waals surface area (Å²) in [6, 6.07) is 17.5. The lowest BCUT2D eigenvalue weighted by Crippen LogP contribution is -2.46. The van der Waals surface area contributed by atoms with Gasteiger partial charge in [0, 0.05) is 55.0 Å². The Labute approximate surface area is 209 Å². The molecule has 0 aliphatic carbocycles. The average molecular weight is 487 g/mol. The lowest BCUT2D eigenvalue weighted by atomic mass is 9.83. The topological polar surface area (TPSA) is 96.2 Å². The average Bonchev–Trinajstić information content (AvgIpc) is 2.87. The van der Waals surface area contributed by atoms with E-state index in [-0.39, 0.29) is 17.2 Å². The Bertz CT molecular complexity index is 1330. The van der Waals surface area contributed by atoms with Crippen molar-refractivity contribution in [1.29, 1.82) is 0 Å². The lowest BCUT2D eigenvalue weighted by molar-refractivity contribution is 0.0955. The van der Waals surface area contributed by atoms with Crippen LogP contribution >= 0.6 is 0 Å². The number of amides is 1. The predicted octanol–water partition coefficient (Wildman–Crippen LogP) is 3.34. The first kappa shape index (κ1) is 23.8. The first-order chi connectivity index (χ1) is 17.5. The molecule has 1 fully saturated rings. The number of nitrogens with one attached hydrogen (secondary N) is 1.